The van der Waals surface area contributed by atoms with E-state index in [0.717, 1.165) is 33.2 Å². The summed E-state index contributed by atoms with van der Waals surface area (Å²) in [7, 11) is 0. The molecule has 2 unspecified atom stereocenters. The lowest BCUT2D eigenvalue weighted by Crippen LogP contribution is -2.12. The van der Waals surface area contributed by atoms with Gasteiger partial charge in [0.1, 0.15) is 11.5 Å². The first-order chi connectivity index (χ1) is 21.2. The van der Waals surface area contributed by atoms with E-state index in [-0.39, 0.29) is 11.2 Å². The maximum absolute atomic E-state index is 6.80. The predicted molar refractivity (Wildman–Crippen MR) is 177 cm³/mol. The van der Waals surface area contributed by atoms with Gasteiger partial charge in [0.15, 0.2) is 0 Å². The molecule has 0 N–H and O–H groups in total. The van der Waals surface area contributed by atoms with Crippen LogP contribution in [0.1, 0.15) is 22.9 Å². The molecule has 0 amide bonds. The molecule has 1 aliphatic heterocycles. The summed E-state index contributed by atoms with van der Waals surface area (Å²) >= 11 is 8.32. The molecule has 0 saturated carbocycles. The summed E-state index contributed by atoms with van der Waals surface area (Å²) in [4.78, 5) is 6.37. The molecule has 8 aromatic rings. The fraction of sp³-hybridized carbons (Fsp3) is 0.0541. The minimum atomic E-state index is 0.0837. The lowest BCUT2D eigenvalue weighted by atomic mass is 9.89. The smallest absolute Gasteiger partial charge is 0.307 e. The van der Waals surface area contributed by atoms with E-state index in [0.29, 0.717) is 6.01 Å². The Kier molecular flexibility index (Phi) is 4.80. The minimum Gasteiger partial charge on any atom is -0.427 e. The Hall–Kier alpha value is -4.71. The monoisotopic (exact) mass is 591 g/mol. The van der Waals surface area contributed by atoms with Gasteiger partial charge < -0.3 is 8.98 Å². The van der Waals surface area contributed by atoms with Gasteiger partial charge in [-0.1, -0.05) is 78.3 Å². The lowest BCUT2D eigenvalue weighted by Gasteiger charge is -2.18. The second-order valence-corrected chi connectivity index (χ2v) is 12.9. The third-order valence-corrected chi connectivity index (χ3v) is 10.5. The van der Waals surface area contributed by atoms with Gasteiger partial charge in [-0.2, -0.15) is 4.98 Å². The summed E-state index contributed by atoms with van der Waals surface area (Å²) in [5.41, 5.74) is 7.74. The summed E-state index contributed by atoms with van der Waals surface area (Å²) in [6.07, 6.45) is 4.37. The van der Waals surface area contributed by atoms with Gasteiger partial charge >= 0.3 is 6.01 Å². The number of benzene rings is 5. The Balaban J connectivity index is 1.29. The van der Waals surface area contributed by atoms with Crippen molar-refractivity contribution in [3.05, 3.63) is 137 Å². The van der Waals surface area contributed by atoms with Gasteiger partial charge in [-0.25, -0.2) is 0 Å². The molecule has 0 radical (unpaired) electrons. The first-order valence-electron chi connectivity index (χ1n) is 14.4. The molecule has 4 heterocycles. The van der Waals surface area contributed by atoms with Crippen LogP contribution in [0.2, 0.25) is 5.02 Å². The number of fused-ring (bicyclic) bond motifs is 12. The van der Waals surface area contributed by atoms with Crippen molar-refractivity contribution >= 4 is 73.1 Å². The predicted octanol–water partition coefficient (Wildman–Crippen LogP) is 10.2. The average molecular weight is 592 g/mol. The van der Waals surface area contributed by atoms with Crippen LogP contribution in [-0.4, -0.2) is 19.4 Å². The van der Waals surface area contributed by atoms with Crippen LogP contribution in [0.4, 0.5) is 0 Å². The highest BCUT2D eigenvalue weighted by atomic mass is 35.5. The van der Waals surface area contributed by atoms with Crippen LogP contribution in [0, 0.1) is 0 Å². The van der Waals surface area contributed by atoms with E-state index in [2.05, 4.69) is 124 Å². The van der Waals surface area contributed by atoms with Gasteiger partial charge in [-0.05, 0) is 60.2 Å². The molecule has 0 saturated heterocycles. The molecule has 2 atom stereocenters. The Morgan fingerprint density at radius 3 is 2.35 bits per heavy atom. The largest absolute Gasteiger partial charge is 0.427 e. The van der Waals surface area contributed by atoms with Gasteiger partial charge in [0.2, 0.25) is 0 Å². The van der Waals surface area contributed by atoms with Gasteiger partial charge in [0.05, 0.1) is 28.0 Å². The summed E-state index contributed by atoms with van der Waals surface area (Å²) in [6.45, 7) is 0. The number of oxazole rings is 1. The van der Waals surface area contributed by atoms with E-state index in [1.807, 2.05) is 17.8 Å². The zero-order valence-corrected chi connectivity index (χ0v) is 24.3. The molecular weight excluding hydrogens is 570 g/mol. The van der Waals surface area contributed by atoms with Crippen molar-refractivity contribution in [2.24, 2.45) is 0 Å². The van der Waals surface area contributed by atoms with Crippen molar-refractivity contribution in [3.8, 4) is 11.7 Å². The summed E-state index contributed by atoms with van der Waals surface area (Å²) in [5, 5.41) is 5.83. The molecule has 1 aliphatic carbocycles. The maximum Gasteiger partial charge on any atom is 0.307 e. The zero-order valence-electron chi connectivity index (χ0n) is 22.7. The molecule has 3 aromatic heterocycles. The van der Waals surface area contributed by atoms with E-state index < -0.39 is 0 Å². The molecule has 204 valence electrons. The van der Waals surface area contributed by atoms with Gasteiger partial charge in [0, 0.05) is 42.4 Å². The van der Waals surface area contributed by atoms with E-state index >= 15 is 0 Å². The number of rotatable bonds is 2. The zero-order chi connectivity index (χ0) is 28.2. The van der Waals surface area contributed by atoms with Crippen LogP contribution >= 0.6 is 23.4 Å². The molecule has 10 rings (SSSR count). The van der Waals surface area contributed by atoms with E-state index in [9.17, 15) is 0 Å². The number of halogens is 1. The average Bonchev–Trinajstić information content (AvgIpc) is 3.79. The fourth-order valence-electron chi connectivity index (χ4n) is 7.22. The first-order valence-corrected chi connectivity index (χ1v) is 15.7. The van der Waals surface area contributed by atoms with Crippen molar-refractivity contribution in [1.82, 2.24) is 14.1 Å². The number of aromatic nitrogens is 3. The van der Waals surface area contributed by atoms with Gasteiger partial charge in [-0.3, -0.25) is 4.57 Å². The van der Waals surface area contributed by atoms with Crippen molar-refractivity contribution in [3.63, 3.8) is 0 Å². The van der Waals surface area contributed by atoms with Crippen molar-refractivity contribution in [2.75, 3.05) is 0 Å². The highest BCUT2D eigenvalue weighted by Crippen LogP contribution is 2.53. The quantitative estimate of drug-likeness (QED) is 0.201. The molecule has 6 heteroatoms. The number of thioether (sulfide) groups is 1. The first kappa shape index (κ1) is 23.8. The lowest BCUT2D eigenvalue weighted by molar-refractivity contribution is 0.470. The maximum atomic E-state index is 6.80. The van der Waals surface area contributed by atoms with E-state index in [1.54, 1.807) is 0 Å². The van der Waals surface area contributed by atoms with Crippen molar-refractivity contribution in [1.29, 1.82) is 0 Å². The van der Waals surface area contributed by atoms with Crippen LogP contribution in [0.5, 0.6) is 0 Å². The van der Waals surface area contributed by atoms with Gasteiger partial charge in [0.25, 0.3) is 0 Å². The Morgan fingerprint density at radius 2 is 1.49 bits per heavy atom. The van der Waals surface area contributed by atoms with Gasteiger partial charge in [-0.15, -0.1) is 11.8 Å². The SMILES string of the molecule is Clc1ccc2c(c1)C1c3oc(-n4c5ccccc5c5c4ccc4c6ccccc6n(-c6ccccc6)c45)nc3C=CC1S2. The van der Waals surface area contributed by atoms with Crippen LogP contribution in [-0.2, 0) is 0 Å². The number of hydrogen-bond acceptors (Lipinski definition) is 3. The summed E-state index contributed by atoms with van der Waals surface area (Å²) in [5.74, 6) is 0.988. The van der Waals surface area contributed by atoms with E-state index in [4.69, 9.17) is 21.0 Å². The second-order valence-electron chi connectivity index (χ2n) is 11.2. The van der Waals surface area contributed by atoms with Crippen molar-refractivity contribution in [2.45, 2.75) is 16.1 Å². The second kappa shape index (κ2) is 8.66. The third kappa shape index (κ3) is 3.21. The van der Waals surface area contributed by atoms with Crippen LogP contribution in [0.15, 0.2) is 125 Å². The molecule has 5 aromatic carbocycles. The molecular formula is C37H22ClN3OS. The number of para-hydroxylation sites is 3. The van der Waals surface area contributed by atoms with Crippen LogP contribution < -0.4 is 0 Å². The van der Waals surface area contributed by atoms with Crippen molar-refractivity contribution < 1.29 is 4.42 Å². The Labute approximate surface area is 255 Å². The summed E-state index contributed by atoms with van der Waals surface area (Å²) < 4.78 is 11.4. The highest BCUT2D eigenvalue weighted by molar-refractivity contribution is 8.00. The minimum absolute atomic E-state index is 0.0837. The topological polar surface area (TPSA) is 35.9 Å². The molecule has 43 heavy (non-hydrogen) atoms. The standard InChI is InChI=1S/C37H22ClN3OS/c38-21-14-18-31-26(20-21)34-32(43-31)19-16-27-36(34)42-37(39-27)41-29-13-7-5-11-25(29)33-30(41)17-15-24-23-10-4-6-12-28(23)40(35(24)33)22-8-2-1-3-9-22/h1-20,32,34H. The van der Waals surface area contributed by atoms with Crippen LogP contribution in [0.25, 0.3) is 61.4 Å². The molecule has 0 fully saturated rings. The Bertz CT molecular complexity index is 2470. The summed E-state index contributed by atoms with van der Waals surface area (Å²) in [6, 6.07) is 39.1. The molecule has 4 nitrogen and oxygen atoms in total. The number of nitrogens with zero attached hydrogens (tertiary/aromatic N) is 3. The third-order valence-electron chi connectivity index (χ3n) is 8.97. The molecule has 0 spiro atoms. The molecule has 2 aliphatic rings. The Morgan fingerprint density at radius 1 is 0.721 bits per heavy atom. The van der Waals surface area contributed by atoms with Crippen LogP contribution in [0.3, 0.4) is 0 Å². The van der Waals surface area contributed by atoms with E-state index in [1.165, 1.54) is 43.0 Å². The normalized spacial score (nSPS) is 17.2. The highest BCUT2D eigenvalue weighted by Gasteiger charge is 2.40. The number of hydrogen-bond donors (Lipinski definition) is 0. The fourth-order valence-corrected chi connectivity index (χ4v) is 8.72. The molecule has 0 bridgehead atoms.